The molecule has 2 aromatic rings. The van der Waals surface area contributed by atoms with Crippen LogP contribution in [0.1, 0.15) is 29.8 Å². The third-order valence-corrected chi connectivity index (χ3v) is 3.85. The van der Waals surface area contributed by atoms with E-state index in [0.29, 0.717) is 16.5 Å². The molecule has 0 bridgehead atoms. The number of carbonyl (C=O) groups is 2. The molecule has 0 saturated carbocycles. The number of imidazole rings is 1. The number of rotatable bonds is 6. The lowest BCUT2D eigenvalue weighted by molar-refractivity contribution is -0.139. The molecule has 0 saturated heterocycles. The van der Waals surface area contributed by atoms with E-state index in [4.69, 9.17) is 16.3 Å². The molecule has 0 radical (unpaired) electrons. The predicted octanol–water partition coefficient (Wildman–Crippen LogP) is 2.36. The Morgan fingerprint density at radius 1 is 1.38 bits per heavy atom. The molecule has 128 valence electrons. The molecule has 0 aliphatic carbocycles. The number of aromatic amines is 1. The summed E-state index contributed by atoms with van der Waals surface area (Å²) in [6.07, 6.45) is 3.13. The van der Waals surface area contributed by atoms with Gasteiger partial charge in [-0.05, 0) is 31.5 Å². The van der Waals surface area contributed by atoms with E-state index in [9.17, 15) is 9.59 Å². The zero-order chi connectivity index (χ0) is 17.7. The number of hydrogen-bond donors (Lipinski definition) is 3. The Labute approximate surface area is 144 Å². The molecule has 0 spiro atoms. The molecule has 2 rings (SSSR count). The van der Waals surface area contributed by atoms with Crippen molar-refractivity contribution in [2.24, 2.45) is 0 Å². The quantitative estimate of drug-likeness (QED) is 0.745. The fraction of sp³-hybridized carbons (Fsp3) is 0.312. The van der Waals surface area contributed by atoms with E-state index >= 15 is 0 Å². The first kappa shape index (κ1) is 18.0. The van der Waals surface area contributed by atoms with Gasteiger partial charge in [-0.2, -0.15) is 0 Å². The van der Waals surface area contributed by atoms with E-state index in [1.165, 1.54) is 13.3 Å². The first-order valence-electron chi connectivity index (χ1n) is 7.26. The lowest BCUT2D eigenvalue weighted by Crippen LogP contribution is -2.43. The molecule has 8 heteroatoms. The van der Waals surface area contributed by atoms with E-state index in [2.05, 4.69) is 20.6 Å². The lowest BCUT2D eigenvalue weighted by atomic mass is 10.1. The maximum atomic E-state index is 12.3. The van der Waals surface area contributed by atoms with Crippen LogP contribution in [0.3, 0.4) is 0 Å². The average Bonchev–Trinajstić information content (AvgIpc) is 3.06. The van der Waals surface area contributed by atoms with Crippen LogP contribution in [0.15, 0.2) is 30.6 Å². The van der Waals surface area contributed by atoms with Gasteiger partial charge in [-0.3, -0.25) is 14.9 Å². The largest absolute Gasteiger partial charge is 0.369 e. The second kappa shape index (κ2) is 7.46. The molecule has 3 N–H and O–H groups in total. The van der Waals surface area contributed by atoms with Crippen molar-refractivity contribution in [1.82, 2.24) is 15.3 Å². The Kier molecular flexibility index (Phi) is 5.58. The molecule has 0 fully saturated rings. The highest BCUT2D eigenvalue weighted by atomic mass is 35.5. The smallest absolute Gasteiger partial charge is 0.259 e. The lowest BCUT2D eigenvalue weighted by Gasteiger charge is -2.21. The number of halogens is 1. The zero-order valence-electron chi connectivity index (χ0n) is 13.6. The van der Waals surface area contributed by atoms with Crippen LogP contribution in [-0.2, 0) is 16.1 Å². The summed E-state index contributed by atoms with van der Waals surface area (Å²) in [7, 11) is 1.47. The maximum absolute atomic E-state index is 12.3. The first-order chi connectivity index (χ1) is 11.3. The second-order valence-electron chi connectivity index (χ2n) is 5.60. The van der Waals surface area contributed by atoms with Gasteiger partial charge in [0.05, 0.1) is 10.6 Å². The summed E-state index contributed by atoms with van der Waals surface area (Å²) in [5.41, 5.74) is 0.112. The number of amides is 2. The summed E-state index contributed by atoms with van der Waals surface area (Å²) < 4.78 is 5.12. The molecular weight excluding hydrogens is 332 g/mol. The minimum absolute atomic E-state index is 0.249. The van der Waals surface area contributed by atoms with E-state index in [0.717, 1.165) is 5.56 Å². The van der Waals surface area contributed by atoms with Crippen molar-refractivity contribution in [2.75, 3.05) is 12.4 Å². The third-order valence-electron chi connectivity index (χ3n) is 3.52. The standard InChI is InChI=1S/C16H19ClN4O3/c1-16(2,24-3)14(23)20-9-10-4-5-12(17)11(8-10)13(22)21-15-18-6-7-19-15/h4-8H,9H2,1-3H3,(H,20,23)(H2,18,19,21,22). The predicted molar refractivity (Wildman–Crippen MR) is 90.9 cm³/mol. The fourth-order valence-corrected chi connectivity index (χ4v) is 2.06. The molecule has 1 aromatic heterocycles. The van der Waals surface area contributed by atoms with Gasteiger partial charge in [0.2, 0.25) is 5.95 Å². The molecule has 7 nitrogen and oxygen atoms in total. The molecule has 1 aromatic carbocycles. The Morgan fingerprint density at radius 2 is 2.12 bits per heavy atom. The summed E-state index contributed by atoms with van der Waals surface area (Å²) in [5.74, 6) is -0.307. The van der Waals surface area contributed by atoms with Crippen molar-refractivity contribution in [1.29, 1.82) is 0 Å². The van der Waals surface area contributed by atoms with Crippen molar-refractivity contribution < 1.29 is 14.3 Å². The summed E-state index contributed by atoms with van der Waals surface area (Å²) in [5, 5.41) is 5.68. The van der Waals surface area contributed by atoms with Gasteiger partial charge in [0.25, 0.3) is 11.8 Å². The summed E-state index contributed by atoms with van der Waals surface area (Å²) >= 11 is 6.09. The van der Waals surface area contributed by atoms with Crippen molar-refractivity contribution in [2.45, 2.75) is 26.0 Å². The van der Waals surface area contributed by atoms with Gasteiger partial charge in [0.1, 0.15) is 5.60 Å². The van der Waals surface area contributed by atoms with E-state index in [1.807, 2.05) is 0 Å². The van der Waals surface area contributed by atoms with Crippen LogP contribution >= 0.6 is 11.6 Å². The number of ether oxygens (including phenoxy) is 1. The molecule has 2 amide bonds. The Hall–Kier alpha value is -2.38. The van der Waals surface area contributed by atoms with Gasteiger partial charge in [-0.15, -0.1) is 0 Å². The Bertz CT molecular complexity index is 729. The number of anilines is 1. The van der Waals surface area contributed by atoms with Crippen molar-refractivity contribution in [3.63, 3.8) is 0 Å². The normalized spacial score (nSPS) is 11.2. The van der Waals surface area contributed by atoms with Crippen molar-refractivity contribution >= 4 is 29.4 Å². The molecule has 1 heterocycles. The first-order valence-corrected chi connectivity index (χ1v) is 7.64. The number of hydrogen-bond acceptors (Lipinski definition) is 4. The zero-order valence-corrected chi connectivity index (χ0v) is 14.4. The van der Waals surface area contributed by atoms with Crippen LogP contribution in [0.25, 0.3) is 0 Å². The van der Waals surface area contributed by atoms with Gasteiger partial charge in [-0.1, -0.05) is 17.7 Å². The van der Waals surface area contributed by atoms with Crippen LogP contribution < -0.4 is 10.6 Å². The fourth-order valence-electron chi connectivity index (χ4n) is 1.85. The highest BCUT2D eigenvalue weighted by molar-refractivity contribution is 6.34. The molecule has 0 unspecified atom stereocenters. The maximum Gasteiger partial charge on any atom is 0.259 e. The van der Waals surface area contributed by atoms with Crippen LogP contribution in [0, 0.1) is 0 Å². The molecular formula is C16H19ClN4O3. The van der Waals surface area contributed by atoms with Crippen LogP contribution in [0.4, 0.5) is 5.95 Å². The minimum atomic E-state index is -0.925. The molecule has 0 aliphatic heterocycles. The summed E-state index contributed by atoms with van der Waals surface area (Å²) in [6.45, 7) is 3.60. The molecule has 0 atom stereocenters. The number of methoxy groups -OCH3 is 1. The Morgan fingerprint density at radius 3 is 2.75 bits per heavy atom. The minimum Gasteiger partial charge on any atom is -0.369 e. The van der Waals surface area contributed by atoms with Crippen LogP contribution in [0.2, 0.25) is 5.02 Å². The van der Waals surface area contributed by atoms with Gasteiger partial charge in [-0.25, -0.2) is 4.98 Å². The van der Waals surface area contributed by atoms with Gasteiger partial charge in [0.15, 0.2) is 0 Å². The van der Waals surface area contributed by atoms with E-state index < -0.39 is 5.60 Å². The molecule has 24 heavy (non-hydrogen) atoms. The number of nitrogens with zero attached hydrogens (tertiary/aromatic N) is 1. The summed E-state index contributed by atoms with van der Waals surface area (Å²) in [4.78, 5) is 31.0. The molecule has 0 aliphatic rings. The monoisotopic (exact) mass is 350 g/mol. The van der Waals surface area contributed by atoms with Gasteiger partial charge < -0.3 is 15.0 Å². The van der Waals surface area contributed by atoms with E-state index in [-0.39, 0.29) is 18.4 Å². The summed E-state index contributed by atoms with van der Waals surface area (Å²) in [6, 6.07) is 4.98. The van der Waals surface area contributed by atoms with Crippen LogP contribution in [0.5, 0.6) is 0 Å². The van der Waals surface area contributed by atoms with Gasteiger partial charge >= 0.3 is 0 Å². The number of H-pyrrole nitrogens is 1. The highest BCUT2D eigenvalue weighted by Crippen LogP contribution is 2.19. The third kappa shape index (κ3) is 4.33. The second-order valence-corrected chi connectivity index (χ2v) is 6.01. The highest BCUT2D eigenvalue weighted by Gasteiger charge is 2.26. The van der Waals surface area contributed by atoms with Gasteiger partial charge in [0, 0.05) is 26.0 Å². The average molecular weight is 351 g/mol. The number of benzene rings is 1. The SMILES string of the molecule is COC(C)(C)C(=O)NCc1ccc(Cl)c(C(=O)Nc2ncc[nH]2)c1. The van der Waals surface area contributed by atoms with Crippen molar-refractivity contribution in [3.8, 4) is 0 Å². The number of carbonyl (C=O) groups excluding carboxylic acids is 2. The number of nitrogens with one attached hydrogen (secondary N) is 3. The number of aromatic nitrogens is 2. The van der Waals surface area contributed by atoms with E-state index in [1.54, 1.807) is 38.2 Å². The topological polar surface area (TPSA) is 96.1 Å². The van der Waals surface area contributed by atoms with Crippen molar-refractivity contribution in [3.05, 3.63) is 46.7 Å². The van der Waals surface area contributed by atoms with Crippen LogP contribution in [-0.4, -0.2) is 34.5 Å². The Balaban J connectivity index is 2.08.